The highest BCUT2D eigenvalue weighted by Crippen LogP contribution is 2.19. The number of carbonyl (C=O) groups excluding carboxylic acids is 1. The molecule has 5 heteroatoms. The lowest BCUT2D eigenvalue weighted by Crippen LogP contribution is -2.48. The number of hydrogen-bond acceptors (Lipinski definition) is 4. The van der Waals surface area contributed by atoms with Crippen LogP contribution < -0.4 is 11.1 Å². The highest BCUT2D eigenvalue weighted by molar-refractivity contribution is 5.77. The fraction of sp³-hybridized carbons (Fsp3) is 0.917. The molecule has 0 aromatic heterocycles. The van der Waals surface area contributed by atoms with Gasteiger partial charge in [0.1, 0.15) is 0 Å². The van der Waals surface area contributed by atoms with Gasteiger partial charge in [-0.25, -0.2) is 0 Å². The monoisotopic (exact) mass is 241 g/mol. The van der Waals surface area contributed by atoms with E-state index in [-0.39, 0.29) is 11.9 Å². The molecular formula is C12H23N3O2. The smallest absolute Gasteiger partial charge is 0.224 e. The van der Waals surface area contributed by atoms with E-state index in [0.717, 1.165) is 52.2 Å². The van der Waals surface area contributed by atoms with Crippen LogP contribution in [0.25, 0.3) is 0 Å². The van der Waals surface area contributed by atoms with E-state index in [9.17, 15) is 4.79 Å². The molecule has 0 bridgehead atoms. The van der Waals surface area contributed by atoms with Gasteiger partial charge in [0.15, 0.2) is 0 Å². The van der Waals surface area contributed by atoms with Gasteiger partial charge in [0.2, 0.25) is 5.91 Å². The van der Waals surface area contributed by atoms with Crippen LogP contribution >= 0.6 is 0 Å². The Morgan fingerprint density at radius 2 is 2.00 bits per heavy atom. The van der Waals surface area contributed by atoms with Gasteiger partial charge in [-0.2, -0.15) is 0 Å². The van der Waals surface area contributed by atoms with Gasteiger partial charge in [-0.15, -0.1) is 0 Å². The number of amides is 1. The Kier molecular flexibility index (Phi) is 4.76. The number of hydrogen-bond donors (Lipinski definition) is 2. The largest absolute Gasteiger partial charge is 0.381 e. The van der Waals surface area contributed by atoms with Crippen molar-refractivity contribution in [3.05, 3.63) is 0 Å². The van der Waals surface area contributed by atoms with Gasteiger partial charge in [-0.05, 0) is 18.8 Å². The zero-order valence-corrected chi connectivity index (χ0v) is 10.4. The summed E-state index contributed by atoms with van der Waals surface area (Å²) in [5, 5.41) is 3.24. The number of ether oxygens (including phenoxy) is 1. The van der Waals surface area contributed by atoms with Crippen LogP contribution in [0.15, 0.2) is 0 Å². The molecule has 0 radical (unpaired) electrons. The highest BCUT2D eigenvalue weighted by atomic mass is 16.5. The van der Waals surface area contributed by atoms with Crippen molar-refractivity contribution in [2.24, 2.45) is 11.7 Å². The summed E-state index contributed by atoms with van der Waals surface area (Å²) in [5.74, 6) is 0.668. The van der Waals surface area contributed by atoms with E-state index >= 15 is 0 Å². The summed E-state index contributed by atoms with van der Waals surface area (Å²) < 4.78 is 5.31. The lowest BCUT2D eigenvalue weighted by atomic mass is 9.90. The molecule has 0 aliphatic carbocycles. The van der Waals surface area contributed by atoms with E-state index < -0.39 is 0 Å². The molecule has 0 saturated carbocycles. The Labute approximate surface area is 103 Å². The summed E-state index contributed by atoms with van der Waals surface area (Å²) in [6.45, 7) is 5.02. The molecule has 17 heavy (non-hydrogen) atoms. The van der Waals surface area contributed by atoms with Crippen molar-refractivity contribution in [3.8, 4) is 0 Å². The number of rotatable bonds is 3. The van der Waals surface area contributed by atoms with Gasteiger partial charge in [0.25, 0.3) is 0 Å². The summed E-state index contributed by atoms with van der Waals surface area (Å²) in [6, 6.07) is 0.00119. The number of nitrogens with two attached hydrogens (primary N) is 1. The van der Waals surface area contributed by atoms with E-state index in [4.69, 9.17) is 10.5 Å². The van der Waals surface area contributed by atoms with Crippen LogP contribution in [0.2, 0.25) is 0 Å². The van der Waals surface area contributed by atoms with Crippen molar-refractivity contribution in [2.75, 3.05) is 39.4 Å². The lowest BCUT2D eigenvalue weighted by Gasteiger charge is -2.31. The molecule has 0 aromatic rings. The van der Waals surface area contributed by atoms with Gasteiger partial charge in [-0.1, -0.05) is 0 Å². The molecule has 98 valence electrons. The molecule has 2 rings (SSSR count). The first-order chi connectivity index (χ1) is 8.27. The van der Waals surface area contributed by atoms with Crippen LogP contribution in [-0.2, 0) is 9.53 Å². The minimum absolute atomic E-state index is 0.00119. The van der Waals surface area contributed by atoms with E-state index in [1.807, 2.05) is 4.90 Å². The SMILES string of the molecule is NC(CC(=O)N1CCNCC1)C1CCOCC1. The average molecular weight is 241 g/mol. The average Bonchev–Trinajstić information content (AvgIpc) is 2.40. The Morgan fingerprint density at radius 1 is 1.35 bits per heavy atom. The zero-order valence-electron chi connectivity index (χ0n) is 10.4. The molecule has 2 aliphatic heterocycles. The zero-order chi connectivity index (χ0) is 12.1. The molecule has 2 fully saturated rings. The second kappa shape index (κ2) is 6.33. The van der Waals surface area contributed by atoms with Crippen LogP contribution in [0, 0.1) is 5.92 Å². The molecule has 5 nitrogen and oxygen atoms in total. The van der Waals surface area contributed by atoms with Crippen molar-refractivity contribution in [1.82, 2.24) is 10.2 Å². The van der Waals surface area contributed by atoms with Crippen LogP contribution in [0.1, 0.15) is 19.3 Å². The van der Waals surface area contributed by atoms with Crippen LogP contribution in [0.3, 0.4) is 0 Å². The molecule has 1 amide bonds. The summed E-state index contributed by atoms with van der Waals surface area (Å²) >= 11 is 0. The predicted octanol–water partition coefficient (Wildman–Crippen LogP) is -0.438. The van der Waals surface area contributed by atoms with E-state index in [1.165, 1.54) is 0 Å². The summed E-state index contributed by atoms with van der Waals surface area (Å²) in [7, 11) is 0. The summed E-state index contributed by atoms with van der Waals surface area (Å²) in [4.78, 5) is 14.0. The van der Waals surface area contributed by atoms with Crippen LogP contribution in [0.5, 0.6) is 0 Å². The Balaban J connectivity index is 1.76. The third-order valence-electron chi connectivity index (χ3n) is 3.75. The fourth-order valence-electron chi connectivity index (χ4n) is 2.56. The van der Waals surface area contributed by atoms with Crippen molar-refractivity contribution in [1.29, 1.82) is 0 Å². The summed E-state index contributed by atoms with van der Waals surface area (Å²) in [5.41, 5.74) is 6.14. The van der Waals surface area contributed by atoms with E-state index in [1.54, 1.807) is 0 Å². The lowest BCUT2D eigenvalue weighted by molar-refractivity contribution is -0.132. The highest BCUT2D eigenvalue weighted by Gasteiger charge is 2.25. The third-order valence-corrected chi connectivity index (χ3v) is 3.75. The molecule has 0 spiro atoms. The molecule has 2 heterocycles. The van der Waals surface area contributed by atoms with Gasteiger partial charge in [0.05, 0.1) is 0 Å². The number of nitrogens with one attached hydrogen (secondary N) is 1. The number of nitrogens with zero attached hydrogens (tertiary/aromatic N) is 1. The molecule has 0 aromatic carbocycles. The Morgan fingerprint density at radius 3 is 2.65 bits per heavy atom. The first kappa shape index (κ1) is 12.8. The second-order valence-corrected chi connectivity index (χ2v) is 4.95. The first-order valence-electron chi connectivity index (χ1n) is 6.59. The normalized spacial score (nSPS) is 24.6. The minimum atomic E-state index is 0.00119. The predicted molar refractivity (Wildman–Crippen MR) is 65.6 cm³/mol. The fourth-order valence-corrected chi connectivity index (χ4v) is 2.56. The van der Waals surface area contributed by atoms with Gasteiger partial charge in [0, 0.05) is 51.9 Å². The van der Waals surface area contributed by atoms with Crippen molar-refractivity contribution in [2.45, 2.75) is 25.3 Å². The molecule has 2 saturated heterocycles. The topological polar surface area (TPSA) is 67.6 Å². The van der Waals surface area contributed by atoms with Crippen molar-refractivity contribution in [3.63, 3.8) is 0 Å². The van der Waals surface area contributed by atoms with E-state index in [2.05, 4.69) is 5.32 Å². The first-order valence-corrected chi connectivity index (χ1v) is 6.59. The summed E-state index contributed by atoms with van der Waals surface area (Å²) in [6.07, 6.45) is 2.48. The van der Waals surface area contributed by atoms with Crippen LogP contribution in [0.4, 0.5) is 0 Å². The quantitative estimate of drug-likeness (QED) is 0.703. The molecule has 1 unspecified atom stereocenters. The molecule has 1 atom stereocenters. The maximum atomic E-state index is 12.0. The van der Waals surface area contributed by atoms with Gasteiger partial charge >= 0.3 is 0 Å². The Hall–Kier alpha value is -0.650. The van der Waals surface area contributed by atoms with Crippen molar-refractivity contribution < 1.29 is 9.53 Å². The van der Waals surface area contributed by atoms with Crippen molar-refractivity contribution >= 4 is 5.91 Å². The van der Waals surface area contributed by atoms with E-state index in [0.29, 0.717) is 12.3 Å². The second-order valence-electron chi connectivity index (χ2n) is 4.95. The number of piperazine rings is 1. The van der Waals surface area contributed by atoms with Gasteiger partial charge in [-0.3, -0.25) is 4.79 Å². The maximum absolute atomic E-state index is 12.0. The molecule has 3 N–H and O–H groups in total. The third kappa shape index (κ3) is 3.66. The molecular weight excluding hydrogens is 218 g/mol. The Bertz CT molecular complexity index is 248. The minimum Gasteiger partial charge on any atom is -0.381 e. The number of carbonyl (C=O) groups is 1. The van der Waals surface area contributed by atoms with Gasteiger partial charge < -0.3 is 20.7 Å². The molecule has 2 aliphatic rings. The van der Waals surface area contributed by atoms with Crippen LogP contribution in [-0.4, -0.2) is 56.2 Å². The maximum Gasteiger partial charge on any atom is 0.224 e. The standard InChI is InChI=1S/C12H23N3O2/c13-11(10-1-7-17-8-2-10)9-12(16)15-5-3-14-4-6-15/h10-11,14H,1-9,13H2.